The van der Waals surface area contributed by atoms with Gasteiger partial charge in [0.2, 0.25) is 0 Å². The van der Waals surface area contributed by atoms with E-state index < -0.39 is 0 Å². The molecule has 0 aliphatic heterocycles. The van der Waals surface area contributed by atoms with Crippen molar-refractivity contribution in [2.45, 2.75) is 26.7 Å². The van der Waals surface area contributed by atoms with E-state index in [0.29, 0.717) is 12.1 Å². The smallest absolute Gasteiger partial charge is 0.258 e. The van der Waals surface area contributed by atoms with Crippen molar-refractivity contribution in [2.24, 2.45) is 0 Å². The third-order valence-corrected chi connectivity index (χ3v) is 3.48. The van der Waals surface area contributed by atoms with Crippen molar-refractivity contribution in [1.29, 1.82) is 0 Å². The summed E-state index contributed by atoms with van der Waals surface area (Å²) in [6.07, 6.45) is 1.91. The number of para-hydroxylation sites is 1. The number of nitrogens with zero attached hydrogens (tertiary/aromatic N) is 1. The summed E-state index contributed by atoms with van der Waals surface area (Å²) in [7, 11) is 0. The lowest BCUT2D eigenvalue weighted by Crippen LogP contribution is -2.32. The lowest BCUT2D eigenvalue weighted by atomic mass is 10.1. The monoisotopic (exact) mass is 285 g/mol. The molecule has 21 heavy (non-hydrogen) atoms. The van der Waals surface area contributed by atoms with Gasteiger partial charge in [0.15, 0.2) is 0 Å². The fraction of sp³-hybridized carbons (Fsp3) is 0.278. The third kappa shape index (κ3) is 3.69. The van der Waals surface area contributed by atoms with Gasteiger partial charge >= 0.3 is 0 Å². The molecule has 0 saturated heterocycles. The summed E-state index contributed by atoms with van der Waals surface area (Å²) < 4.78 is 13.5. The minimum Gasteiger partial charge on any atom is -0.308 e. The zero-order valence-corrected chi connectivity index (χ0v) is 12.5. The fourth-order valence-corrected chi connectivity index (χ4v) is 2.24. The van der Waals surface area contributed by atoms with E-state index in [-0.39, 0.29) is 11.7 Å². The number of amides is 1. The third-order valence-electron chi connectivity index (χ3n) is 3.48. The van der Waals surface area contributed by atoms with Gasteiger partial charge in [0.1, 0.15) is 5.82 Å². The number of aryl methyl sites for hydroxylation is 1. The van der Waals surface area contributed by atoms with Crippen LogP contribution in [0.5, 0.6) is 0 Å². The van der Waals surface area contributed by atoms with Crippen LogP contribution in [0.3, 0.4) is 0 Å². The number of hydrogen-bond acceptors (Lipinski definition) is 1. The minimum atomic E-state index is -0.382. The molecule has 0 saturated carbocycles. The Labute approximate surface area is 125 Å². The molecule has 0 aromatic heterocycles. The quantitative estimate of drug-likeness (QED) is 0.787. The van der Waals surface area contributed by atoms with Gasteiger partial charge in [0.25, 0.3) is 5.91 Å². The highest BCUT2D eigenvalue weighted by Crippen LogP contribution is 2.20. The molecule has 0 atom stereocenters. The van der Waals surface area contributed by atoms with Crippen LogP contribution in [0.2, 0.25) is 0 Å². The molecule has 110 valence electrons. The summed E-state index contributed by atoms with van der Waals surface area (Å²) in [6, 6.07) is 13.9. The average molecular weight is 285 g/mol. The SMILES string of the molecule is CCCCN(C(=O)c1cc(F)ccc1C)c1ccccc1. The molecule has 0 aliphatic carbocycles. The van der Waals surface area contributed by atoms with E-state index >= 15 is 0 Å². The van der Waals surface area contributed by atoms with Crippen LogP contribution in [0.25, 0.3) is 0 Å². The Balaban J connectivity index is 2.36. The first-order valence-electron chi connectivity index (χ1n) is 7.26. The van der Waals surface area contributed by atoms with E-state index in [1.807, 2.05) is 37.3 Å². The Kier molecular flexibility index (Phi) is 5.09. The Bertz CT molecular complexity index is 610. The van der Waals surface area contributed by atoms with Gasteiger partial charge in [-0.1, -0.05) is 37.6 Å². The second-order valence-electron chi connectivity index (χ2n) is 5.11. The van der Waals surface area contributed by atoms with Crippen molar-refractivity contribution < 1.29 is 9.18 Å². The number of carbonyl (C=O) groups is 1. The number of rotatable bonds is 5. The summed E-state index contributed by atoms with van der Waals surface area (Å²) in [4.78, 5) is 14.5. The van der Waals surface area contributed by atoms with Crippen LogP contribution in [0.1, 0.15) is 35.7 Å². The Morgan fingerprint density at radius 2 is 1.86 bits per heavy atom. The van der Waals surface area contributed by atoms with E-state index in [2.05, 4.69) is 6.92 Å². The predicted molar refractivity (Wildman–Crippen MR) is 84.2 cm³/mol. The molecule has 0 fully saturated rings. The van der Waals surface area contributed by atoms with Crippen LogP contribution in [-0.4, -0.2) is 12.5 Å². The predicted octanol–water partition coefficient (Wildman–Crippen LogP) is 4.58. The first-order valence-corrected chi connectivity index (χ1v) is 7.26. The summed E-state index contributed by atoms with van der Waals surface area (Å²) >= 11 is 0. The van der Waals surface area contributed by atoms with Gasteiger partial charge in [0, 0.05) is 17.8 Å². The Morgan fingerprint density at radius 3 is 2.52 bits per heavy atom. The van der Waals surface area contributed by atoms with Crippen LogP contribution in [0.4, 0.5) is 10.1 Å². The number of carbonyl (C=O) groups excluding carboxylic acids is 1. The minimum absolute atomic E-state index is 0.147. The number of benzene rings is 2. The van der Waals surface area contributed by atoms with E-state index in [0.717, 1.165) is 24.1 Å². The van der Waals surface area contributed by atoms with Gasteiger partial charge in [-0.2, -0.15) is 0 Å². The van der Waals surface area contributed by atoms with E-state index in [1.54, 1.807) is 11.0 Å². The van der Waals surface area contributed by atoms with Gasteiger partial charge in [-0.25, -0.2) is 4.39 Å². The summed E-state index contributed by atoms with van der Waals surface area (Å²) in [5.74, 6) is -0.529. The lowest BCUT2D eigenvalue weighted by molar-refractivity contribution is 0.0985. The molecule has 0 spiro atoms. The molecule has 0 heterocycles. The number of hydrogen-bond donors (Lipinski definition) is 0. The standard InChI is InChI=1S/C18H20FNO/c1-3-4-12-20(16-8-6-5-7-9-16)18(21)17-13-15(19)11-10-14(17)2/h5-11,13H,3-4,12H2,1-2H3. The second kappa shape index (κ2) is 7.02. The molecule has 0 aliphatic rings. The maximum atomic E-state index is 13.5. The van der Waals surface area contributed by atoms with Crippen molar-refractivity contribution >= 4 is 11.6 Å². The van der Waals surface area contributed by atoms with Crippen LogP contribution >= 0.6 is 0 Å². The summed E-state index contributed by atoms with van der Waals surface area (Å²) in [5.41, 5.74) is 2.06. The molecule has 0 bridgehead atoms. The number of anilines is 1. The van der Waals surface area contributed by atoms with Crippen molar-refractivity contribution in [1.82, 2.24) is 0 Å². The first-order chi connectivity index (χ1) is 10.1. The van der Waals surface area contributed by atoms with Gasteiger partial charge in [-0.3, -0.25) is 4.79 Å². The van der Waals surface area contributed by atoms with Crippen LogP contribution in [0, 0.1) is 12.7 Å². The van der Waals surface area contributed by atoms with Crippen LogP contribution in [-0.2, 0) is 0 Å². The highest BCUT2D eigenvalue weighted by Gasteiger charge is 2.19. The molecule has 2 nitrogen and oxygen atoms in total. The largest absolute Gasteiger partial charge is 0.308 e. The van der Waals surface area contributed by atoms with E-state index in [9.17, 15) is 9.18 Å². The van der Waals surface area contributed by atoms with Gasteiger partial charge in [-0.15, -0.1) is 0 Å². The number of halogens is 1. The maximum absolute atomic E-state index is 13.5. The van der Waals surface area contributed by atoms with E-state index in [4.69, 9.17) is 0 Å². The molecule has 0 radical (unpaired) electrons. The Morgan fingerprint density at radius 1 is 1.14 bits per heavy atom. The van der Waals surface area contributed by atoms with Gasteiger partial charge in [-0.05, 0) is 43.2 Å². The zero-order valence-electron chi connectivity index (χ0n) is 12.5. The van der Waals surface area contributed by atoms with Gasteiger partial charge in [0.05, 0.1) is 0 Å². The zero-order chi connectivity index (χ0) is 15.2. The molecule has 0 N–H and O–H groups in total. The maximum Gasteiger partial charge on any atom is 0.258 e. The highest BCUT2D eigenvalue weighted by molar-refractivity contribution is 6.07. The lowest BCUT2D eigenvalue weighted by Gasteiger charge is -2.23. The van der Waals surface area contributed by atoms with Crippen molar-refractivity contribution in [3.05, 3.63) is 65.5 Å². The highest BCUT2D eigenvalue weighted by atomic mass is 19.1. The topological polar surface area (TPSA) is 20.3 Å². The second-order valence-corrected chi connectivity index (χ2v) is 5.11. The molecule has 2 aromatic carbocycles. The number of unbranched alkanes of at least 4 members (excludes halogenated alkanes) is 1. The van der Waals surface area contributed by atoms with Crippen molar-refractivity contribution in [3.63, 3.8) is 0 Å². The summed E-state index contributed by atoms with van der Waals surface area (Å²) in [6.45, 7) is 4.55. The fourth-order valence-electron chi connectivity index (χ4n) is 2.24. The molecule has 0 unspecified atom stereocenters. The Hall–Kier alpha value is -2.16. The van der Waals surface area contributed by atoms with Crippen LogP contribution in [0.15, 0.2) is 48.5 Å². The normalized spacial score (nSPS) is 10.4. The van der Waals surface area contributed by atoms with Crippen molar-refractivity contribution in [3.8, 4) is 0 Å². The molecule has 2 rings (SSSR count). The van der Waals surface area contributed by atoms with Crippen LogP contribution < -0.4 is 4.90 Å². The average Bonchev–Trinajstić information content (AvgIpc) is 2.51. The van der Waals surface area contributed by atoms with Gasteiger partial charge < -0.3 is 4.90 Å². The molecule has 1 amide bonds. The first kappa shape index (κ1) is 15.2. The molecule has 2 aromatic rings. The molecule has 3 heteroatoms. The molecular formula is C18H20FNO. The summed E-state index contributed by atoms with van der Waals surface area (Å²) in [5, 5.41) is 0. The van der Waals surface area contributed by atoms with E-state index in [1.165, 1.54) is 12.1 Å². The van der Waals surface area contributed by atoms with Crippen molar-refractivity contribution in [2.75, 3.05) is 11.4 Å². The molecular weight excluding hydrogens is 265 g/mol.